The first kappa shape index (κ1) is 18.7. The second kappa shape index (κ2) is 8.57. The number of hydrogen-bond acceptors (Lipinski definition) is 5. The van der Waals surface area contributed by atoms with Crippen LogP contribution in [0.4, 0.5) is 0 Å². The standard InChI is InChI=1S/C21H19N7S/c1-16-8-5-6-12-19(16)20-24-25-21(29)28(20)22-13-7-11-18-15-27(26-23-18)14-17-9-3-2-4-10-17/h2-13,15H,14H2,1H3,(H,25,29)/b11-7+,22-13-. The van der Waals surface area contributed by atoms with Crippen LogP contribution in [0.2, 0.25) is 0 Å². The lowest BCUT2D eigenvalue weighted by Gasteiger charge is -2.03. The van der Waals surface area contributed by atoms with Crippen LogP contribution in [-0.2, 0) is 6.54 Å². The van der Waals surface area contributed by atoms with Crippen LogP contribution < -0.4 is 0 Å². The van der Waals surface area contributed by atoms with Gasteiger partial charge in [-0.2, -0.15) is 14.9 Å². The highest BCUT2D eigenvalue weighted by Gasteiger charge is 2.09. The van der Waals surface area contributed by atoms with Gasteiger partial charge in [0.05, 0.1) is 12.7 Å². The summed E-state index contributed by atoms with van der Waals surface area (Å²) in [5.74, 6) is 0.673. The van der Waals surface area contributed by atoms with Crippen LogP contribution in [0.1, 0.15) is 16.8 Å². The smallest absolute Gasteiger partial charge is 0.216 e. The molecule has 0 unspecified atom stereocenters. The molecule has 2 heterocycles. The van der Waals surface area contributed by atoms with E-state index in [1.807, 2.05) is 61.7 Å². The highest BCUT2D eigenvalue weighted by atomic mass is 32.1. The number of nitrogens with one attached hydrogen (secondary N) is 1. The molecule has 2 aromatic heterocycles. The van der Waals surface area contributed by atoms with Crippen molar-refractivity contribution in [2.75, 3.05) is 0 Å². The third kappa shape index (κ3) is 4.44. The van der Waals surface area contributed by atoms with Crippen molar-refractivity contribution >= 4 is 24.5 Å². The zero-order chi connectivity index (χ0) is 20.1. The Morgan fingerprint density at radius 1 is 1.10 bits per heavy atom. The van der Waals surface area contributed by atoms with Gasteiger partial charge in [-0.05, 0) is 42.4 Å². The fraction of sp³-hybridized carbons (Fsp3) is 0.0952. The number of aromatic nitrogens is 6. The van der Waals surface area contributed by atoms with E-state index in [2.05, 4.69) is 37.7 Å². The molecule has 0 spiro atoms. The SMILES string of the molecule is Cc1ccccc1-c1n[nH]c(=S)n1/N=C\C=C\c1cn(Cc2ccccc2)nn1. The van der Waals surface area contributed by atoms with Gasteiger partial charge in [0.15, 0.2) is 5.82 Å². The molecule has 4 aromatic rings. The van der Waals surface area contributed by atoms with Crippen molar-refractivity contribution in [2.24, 2.45) is 5.10 Å². The molecule has 0 radical (unpaired) electrons. The number of allylic oxidation sites excluding steroid dienone is 1. The first-order chi connectivity index (χ1) is 14.2. The summed E-state index contributed by atoms with van der Waals surface area (Å²) in [6.45, 7) is 2.71. The number of H-pyrrole nitrogens is 1. The Morgan fingerprint density at radius 2 is 1.90 bits per heavy atom. The summed E-state index contributed by atoms with van der Waals surface area (Å²) < 4.78 is 3.84. The Morgan fingerprint density at radius 3 is 2.72 bits per heavy atom. The van der Waals surface area contributed by atoms with Gasteiger partial charge in [-0.25, -0.2) is 9.78 Å². The summed E-state index contributed by atoms with van der Waals surface area (Å²) in [4.78, 5) is 0. The molecule has 7 nitrogen and oxygen atoms in total. The maximum Gasteiger partial charge on any atom is 0.216 e. The van der Waals surface area contributed by atoms with Gasteiger partial charge in [0.25, 0.3) is 0 Å². The topological polar surface area (TPSA) is 76.7 Å². The molecule has 4 rings (SSSR count). The number of aromatic amines is 1. The van der Waals surface area contributed by atoms with E-state index in [-0.39, 0.29) is 0 Å². The van der Waals surface area contributed by atoms with Crippen molar-refractivity contribution in [3.05, 3.63) is 88.5 Å². The van der Waals surface area contributed by atoms with E-state index in [9.17, 15) is 0 Å². The highest BCUT2D eigenvalue weighted by molar-refractivity contribution is 7.71. The maximum atomic E-state index is 5.31. The van der Waals surface area contributed by atoms with Crippen LogP contribution in [0.5, 0.6) is 0 Å². The number of rotatable bonds is 6. The number of nitrogens with zero attached hydrogens (tertiary/aromatic N) is 6. The van der Waals surface area contributed by atoms with Crippen LogP contribution in [0.3, 0.4) is 0 Å². The Balaban J connectivity index is 1.48. The molecule has 0 fully saturated rings. The van der Waals surface area contributed by atoms with E-state index >= 15 is 0 Å². The molecule has 0 aliphatic rings. The lowest BCUT2D eigenvalue weighted by molar-refractivity contribution is 0.649. The van der Waals surface area contributed by atoms with Crippen LogP contribution >= 0.6 is 12.2 Å². The van der Waals surface area contributed by atoms with Crippen LogP contribution in [0, 0.1) is 11.7 Å². The lowest BCUT2D eigenvalue weighted by atomic mass is 10.1. The second-order valence-electron chi connectivity index (χ2n) is 6.43. The first-order valence-electron chi connectivity index (χ1n) is 9.09. The molecule has 0 aliphatic carbocycles. The Kier molecular flexibility index (Phi) is 5.53. The zero-order valence-corrected chi connectivity index (χ0v) is 16.6. The van der Waals surface area contributed by atoms with Gasteiger partial charge in [-0.1, -0.05) is 59.8 Å². The quantitative estimate of drug-likeness (QED) is 0.390. The van der Waals surface area contributed by atoms with Crippen molar-refractivity contribution in [3.63, 3.8) is 0 Å². The van der Waals surface area contributed by atoms with Gasteiger partial charge in [0.1, 0.15) is 5.69 Å². The van der Waals surface area contributed by atoms with E-state index < -0.39 is 0 Å². The fourth-order valence-electron chi connectivity index (χ4n) is 2.88. The normalized spacial score (nSPS) is 11.6. The average Bonchev–Trinajstić information content (AvgIpc) is 3.33. The van der Waals surface area contributed by atoms with Gasteiger partial charge in [-0.3, -0.25) is 0 Å². The molecule has 0 aliphatic heterocycles. The molecule has 0 saturated heterocycles. The van der Waals surface area contributed by atoms with Crippen LogP contribution in [-0.4, -0.2) is 36.1 Å². The van der Waals surface area contributed by atoms with Crippen molar-refractivity contribution in [1.82, 2.24) is 29.9 Å². The summed E-state index contributed by atoms with van der Waals surface area (Å²) in [5, 5.41) is 19.8. The number of benzene rings is 2. The summed E-state index contributed by atoms with van der Waals surface area (Å²) in [6.07, 6.45) is 7.19. The average molecular weight is 401 g/mol. The fourth-order valence-corrected chi connectivity index (χ4v) is 3.06. The lowest BCUT2D eigenvalue weighted by Crippen LogP contribution is -1.99. The van der Waals surface area contributed by atoms with Gasteiger partial charge >= 0.3 is 0 Å². The highest BCUT2D eigenvalue weighted by Crippen LogP contribution is 2.20. The third-order valence-electron chi connectivity index (χ3n) is 4.32. The molecule has 0 bridgehead atoms. The van der Waals surface area contributed by atoms with Crippen molar-refractivity contribution < 1.29 is 0 Å². The maximum absolute atomic E-state index is 5.31. The summed E-state index contributed by atoms with van der Waals surface area (Å²) in [5.41, 5.74) is 4.00. The zero-order valence-electron chi connectivity index (χ0n) is 15.8. The molecule has 2 aromatic carbocycles. The molecule has 8 heteroatoms. The minimum atomic E-state index is 0.432. The summed E-state index contributed by atoms with van der Waals surface area (Å²) in [7, 11) is 0. The Hall–Kier alpha value is -3.65. The summed E-state index contributed by atoms with van der Waals surface area (Å²) in [6, 6.07) is 18.1. The molecule has 144 valence electrons. The van der Waals surface area contributed by atoms with Crippen molar-refractivity contribution in [2.45, 2.75) is 13.5 Å². The molecular weight excluding hydrogens is 382 g/mol. The van der Waals surface area contributed by atoms with Gasteiger partial charge in [0, 0.05) is 11.8 Å². The monoisotopic (exact) mass is 401 g/mol. The minimum absolute atomic E-state index is 0.432. The van der Waals surface area contributed by atoms with Crippen molar-refractivity contribution in [1.29, 1.82) is 0 Å². The Labute approximate surface area is 173 Å². The van der Waals surface area contributed by atoms with Gasteiger partial charge in [-0.15, -0.1) is 5.10 Å². The molecule has 0 atom stereocenters. The number of aryl methyl sites for hydroxylation is 1. The Bertz CT molecular complexity index is 1220. The molecule has 0 saturated carbocycles. The third-order valence-corrected chi connectivity index (χ3v) is 4.58. The number of hydrogen-bond donors (Lipinski definition) is 1. The predicted molar refractivity (Wildman–Crippen MR) is 116 cm³/mol. The van der Waals surface area contributed by atoms with Crippen LogP contribution in [0.25, 0.3) is 17.5 Å². The van der Waals surface area contributed by atoms with E-state index in [0.717, 1.165) is 16.8 Å². The molecular formula is C21H19N7S. The molecule has 0 amide bonds. The minimum Gasteiger partial charge on any atom is -0.250 e. The van der Waals surface area contributed by atoms with E-state index in [0.29, 0.717) is 17.1 Å². The largest absolute Gasteiger partial charge is 0.250 e. The van der Waals surface area contributed by atoms with Gasteiger partial charge < -0.3 is 0 Å². The first-order valence-corrected chi connectivity index (χ1v) is 9.50. The molecule has 29 heavy (non-hydrogen) atoms. The van der Waals surface area contributed by atoms with Gasteiger partial charge in [0.2, 0.25) is 4.77 Å². The van der Waals surface area contributed by atoms with E-state index in [1.165, 1.54) is 5.56 Å². The second-order valence-corrected chi connectivity index (χ2v) is 6.82. The van der Waals surface area contributed by atoms with E-state index in [4.69, 9.17) is 12.2 Å². The van der Waals surface area contributed by atoms with E-state index in [1.54, 1.807) is 21.6 Å². The summed E-state index contributed by atoms with van der Waals surface area (Å²) >= 11 is 5.31. The van der Waals surface area contributed by atoms with Crippen LogP contribution in [0.15, 0.2) is 72.0 Å². The molecule has 1 N–H and O–H groups in total. The predicted octanol–water partition coefficient (Wildman–Crippen LogP) is 4.10. The van der Waals surface area contributed by atoms with Crippen molar-refractivity contribution in [3.8, 4) is 11.4 Å².